The molecule has 0 N–H and O–H groups in total. The van der Waals surface area contributed by atoms with Crippen molar-refractivity contribution < 1.29 is 4.48 Å². The maximum atomic E-state index is 2.44. The van der Waals surface area contributed by atoms with Crippen LogP contribution in [-0.4, -0.2) is 31.7 Å². The Balaban J connectivity index is 3.25. The zero-order valence-corrected chi connectivity index (χ0v) is 21.6. The van der Waals surface area contributed by atoms with E-state index in [1.807, 2.05) is 0 Å². The standard InChI is InChI=1S/C28H60N/c1-6-7-8-9-10-11-12-13-14-15-16-17-18-19-20-23-26-29(4,5)27-24-21-22-25-28(2)3/h28H,6-27H2,1-5H3/q+1. The van der Waals surface area contributed by atoms with Gasteiger partial charge in [0.05, 0.1) is 27.2 Å². The highest BCUT2D eigenvalue weighted by atomic mass is 15.3. The van der Waals surface area contributed by atoms with Crippen LogP contribution in [-0.2, 0) is 0 Å². The van der Waals surface area contributed by atoms with Crippen LogP contribution in [0.25, 0.3) is 0 Å². The number of nitrogens with zero attached hydrogens (tertiary/aromatic N) is 1. The monoisotopic (exact) mass is 410 g/mol. The largest absolute Gasteiger partial charge is 0.328 e. The van der Waals surface area contributed by atoms with Crippen LogP contribution in [0.5, 0.6) is 0 Å². The highest BCUT2D eigenvalue weighted by molar-refractivity contribution is 4.51. The summed E-state index contributed by atoms with van der Waals surface area (Å²) in [5, 5.41) is 0. The Morgan fingerprint density at radius 3 is 1.10 bits per heavy atom. The van der Waals surface area contributed by atoms with Crippen LogP contribution >= 0.6 is 0 Å². The van der Waals surface area contributed by atoms with Crippen molar-refractivity contribution in [3.8, 4) is 0 Å². The third kappa shape index (κ3) is 24.1. The zero-order valence-electron chi connectivity index (χ0n) is 21.6. The highest BCUT2D eigenvalue weighted by Gasteiger charge is 2.13. The van der Waals surface area contributed by atoms with E-state index in [0.29, 0.717) is 0 Å². The Labute approximate surface area is 187 Å². The van der Waals surface area contributed by atoms with E-state index in [0.717, 1.165) is 5.92 Å². The van der Waals surface area contributed by atoms with Crippen molar-refractivity contribution in [1.82, 2.24) is 0 Å². The summed E-state index contributed by atoms with van der Waals surface area (Å²) < 4.78 is 1.24. The van der Waals surface area contributed by atoms with Gasteiger partial charge in [-0.15, -0.1) is 0 Å². The van der Waals surface area contributed by atoms with E-state index in [2.05, 4.69) is 34.9 Å². The molecule has 0 aromatic heterocycles. The number of quaternary nitrogens is 1. The van der Waals surface area contributed by atoms with Gasteiger partial charge in [-0.1, -0.05) is 124 Å². The molecule has 0 aliphatic carbocycles. The lowest BCUT2D eigenvalue weighted by Crippen LogP contribution is -2.41. The van der Waals surface area contributed by atoms with Crippen LogP contribution < -0.4 is 0 Å². The molecule has 0 saturated carbocycles. The predicted octanol–water partition coefficient (Wildman–Crippen LogP) is 9.54. The lowest BCUT2D eigenvalue weighted by Gasteiger charge is -2.30. The molecule has 1 nitrogen and oxygen atoms in total. The van der Waals surface area contributed by atoms with Gasteiger partial charge in [0, 0.05) is 0 Å². The van der Waals surface area contributed by atoms with Gasteiger partial charge in [-0.3, -0.25) is 0 Å². The molecule has 176 valence electrons. The minimum absolute atomic E-state index is 0.877. The fourth-order valence-corrected chi connectivity index (χ4v) is 4.47. The summed E-state index contributed by atoms with van der Waals surface area (Å²) in [7, 11) is 4.88. The molecule has 29 heavy (non-hydrogen) atoms. The molecule has 0 unspecified atom stereocenters. The molecule has 0 aromatic carbocycles. The molecular weight excluding hydrogens is 350 g/mol. The molecule has 0 aliphatic rings. The van der Waals surface area contributed by atoms with Gasteiger partial charge in [-0.05, 0) is 31.6 Å². The van der Waals surface area contributed by atoms with E-state index in [4.69, 9.17) is 0 Å². The highest BCUT2D eigenvalue weighted by Crippen LogP contribution is 2.15. The molecule has 0 heterocycles. The average Bonchev–Trinajstić information content (AvgIpc) is 2.67. The van der Waals surface area contributed by atoms with Crippen molar-refractivity contribution in [3.05, 3.63) is 0 Å². The van der Waals surface area contributed by atoms with Gasteiger partial charge in [0.25, 0.3) is 0 Å². The number of unbranched alkanes of at least 4 members (excludes halogenated alkanes) is 17. The summed E-state index contributed by atoms with van der Waals surface area (Å²) in [6, 6.07) is 0. The third-order valence-corrected chi connectivity index (χ3v) is 6.66. The second-order valence-corrected chi connectivity index (χ2v) is 10.9. The minimum Gasteiger partial charge on any atom is -0.328 e. The Bertz CT molecular complexity index is 307. The SMILES string of the molecule is CCCCCCCCCCCCCCCCCC[N+](C)(C)CCCCCC(C)C. The van der Waals surface area contributed by atoms with Crippen LogP contribution in [0.2, 0.25) is 0 Å². The van der Waals surface area contributed by atoms with Crippen molar-refractivity contribution in [3.63, 3.8) is 0 Å². The Hall–Kier alpha value is -0.0400. The van der Waals surface area contributed by atoms with Crippen molar-refractivity contribution in [2.75, 3.05) is 27.2 Å². The van der Waals surface area contributed by atoms with Gasteiger partial charge in [-0.25, -0.2) is 0 Å². The molecule has 0 amide bonds. The van der Waals surface area contributed by atoms with E-state index in [1.54, 1.807) is 0 Å². The van der Waals surface area contributed by atoms with Gasteiger partial charge in [0.2, 0.25) is 0 Å². The van der Waals surface area contributed by atoms with Crippen molar-refractivity contribution >= 4 is 0 Å². The predicted molar refractivity (Wildman–Crippen MR) is 135 cm³/mol. The van der Waals surface area contributed by atoms with Crippen LogP contribution in [0.4, 0.5) is 0 Å². The van der Waals surface area contributed by atoms with Crippen molar-refractivity contribution in [1.29, 1.82) is 0 Å². The minimum atomic E-state index is 0.877. The molecule has 0 aliphatic heterocycles. The summed E-state index contributed by atoms with van der Waals surface area (Å²) in [6.45, 7) is 9.74. The maximum Gasteiger partial charge on any atom is 0.0782 e. The summed E-state index contributed by atoms with van der Waals surface area (Å²) in [6.07, 6.45) is 29.1. The van der Waals surface area contributed by atoms with Gasteiger partial charge < -0.3 is 4.48 Å². The van der Waals surface area contributed by atoms with E-state index < -0.39 is 0 Å². The molecule has 1 heteroatoms. The lowest BCUT2D eigenvalue weighted by molar-refractivity contribution is -0.890. The van der Waals surface area contributed by atoms with Crippen molar-refractivity contribution in [2.45, 2.75) is 149 Å². The molecule has 0 radical (unpaired) electrons. The van der Waals surface area contributed by atoms with Gasteiger partial charge in [-0.2, -0.15) is 0 Å². The molecular formula is C28H60N+. The number of rotatable bonds is 23. The van der Waals surface area contributed by atoms with E-state index in [-0.39, 0.29) is 0 Å². The smallest absolute Gasteiger partial charge is 0.0782 e. The molecule has 0 aromatic rings. The van der Waals surface area contributed by atoms with Crippen LogP contribution in [0.15, 0.2) is 0 Å². The molecule has 0 saturated heterocycles. The fraction of sp³-hybridized carbons (Fsp3) is 1.00. The maximum absolute atomic E-state index is 2.44. The average molecular weight is 411 g/mol. The van der Waals surface area contributed by atoms with Crippen LogP contribution in [0, 0.1) is 5.92 Å². The normalized spacial score (nSPS) is 12.2. The van der Waals surface area contributed by atoms with Crippen molar-refractivity contribution in [2.24, 2.45) is 5.92 Å². The van der Waals surface area contributed by atoms with Crippen LogP contribution in [0.3, 0.4) is 0 Å². The first-order chi connectivity index (χ1) is 14.0. The second kappa shape index (κ2) is 21.2. The fourth-order valence-electron chi connectivity index (χ4n) is 4.47. The van der Waals surface area contributed by atoms with Gasteiger partial charge in [0.1, 0.15) is 0 Å². The quantitative estimate of drug-likeness (QED) is 0.116. The van der Waals surface area contributed by atoms with Gasteiger partial charge >= 0.3 is 0 Å². The first kappa shape index (κ1) is 29.0. The molecule has 0 bridgehead atoms. The molecule has 0 rings (SSSR count). The summed E-state index contributed by atoms with van der Waals surface area (Å²) in [4.78, 5) is 0. The van der Waals surface area contributed by atoms with E-state index >= 15 is 0 Å². The first-order valence-electron chi connectivity index (χ1n) is 13.8. The zero-order chi connectivity index (χ0) is 21.6. The van der Waals surface area contributed by atoms with Gasteiger partial charge in [0.15, 0.2) is 0 Å². The van der Waals surface area contributed by atoms with E-state index in [1.165, 1.54) is 146 Å². The third-order valence-electron chi connectivity index (χ3n) is 6.66. The summed E-state index contributed by atoms with van der Waals surface area (Å²) >= 11 is 0. The van der Waals surface area contributed by atoms with E-state index in [9.17, 15) is 0 Å². The topological polar surface area (TPSA) is 0 Å². The second-order valence-electron chi connectivity index (χ2n) is 10.9. The summed E-state index contributed by atoms with van der Waals surface area (Å²) in [5.41, 5.74) is 0. The Kier molecular flexibility index (Phi) is 21.2. The molecule has 0 spiro atoms. The number of hydrogen-bond donors (Lipinski definition) is 0. The molecule has 0 fully saturated rings. The Morgan fingerprint density at radius 1 is 0.448 bits per heavy atom. The molecule has 0 atom stereocenters. The first-order valence-corrected chi connectivity index (χ1v) is 13.8. The van der Waals surface area contributed by atoms with Crippen LogP contribution in [0.1, 0.15) is 149 Å². The number of hydrogen-bond acceptors (Lipinski definition) is 0. The summed E-state index contributed by atoms with van der Waals surface area (Å²) in [5.74, 6) is 0.877. The Morgan fingerprint density at radius 2 is 0.759 bits per heavy atom. The lowest BCUT2D eigenvalue weighted by atomic mass is 10.0.